The van der Waals surface area contributed by atoms with E-state index >= 15 is 0 Å². The van der Waals surface area contributed by atoms with E-state index in [0.717, 1.165) is 11.1 Å². The molecule has 2 aromatic rings. The summed E-state index contributed by atoms with van der Waals surface area (Å²) in [7, 11) is 1.50. The van der Waals surface area contributed by atoms with Crippen LogP contribution < -0.4 is 21.1 Å². The van der Waals surface area contributed by atoms with Crippen LogP contribution in [0.3, 0.4) is 0 Å². The van der Waals surface area contributed by atoms with Crippen molar-refractivity contribution < 1.29 is 38.1 Å². The maximum Gasteiger partial charge on any atom is 0.347 e. The third kappa shape index (κ3) is 10.3. The second kappa shape index (κ2) is 16.7. The normalized spacial score (nSPS) is 26.2. The van der Waals surface area contributed by atoms with E-state index in [-0.39, 0.29) is 49.9 Å². The molecule has 0 aromatic heterocycles. The Kier molecular flexibility index (Phi) is 12.9. The van der Waals surface area contributed by atoms with E-state index in [0.29, 0.717) is 22.9 Å². The van der Waals surface area contributed by atoms with Gasteiger partial charge in [-0.15, -0.1) is 0 Å². The van der Waals surface area contributed by atoms with Crippen molar-refractivity contribution in [3.63, 3.8) is 0 Å². The molecule has 4 rings (SSSR count). The lowest BCUT2D eigenvalue weighted by molar-refractivity contribution is -0.179. The van der Waals surface area contributed by atoms with Crippen LogP contribution in [-0.2, 0) is 46.4 Å². The van der Waals surface area contributed by atoms with Gasteiger partial charge < -0.3 is 35.3 Å². The number of nitrogens with one attached hydrogen (secondary N) is 2. The number of epoxide rings is 1. The number of methoxy groups -OCH3 is 1. The standard InChI is InChI=1S/C37H48ClN3O8/c1-21(2)16-30-35(44)47-28(22(3)32-33(49-32)25-13-10-23(19-39)11-14-25)8-7-9-31(42)41-27(18-24-12-15-29(46-6)26(38)17-24)34(43)40-20-37(4,5)36(45)48-30/h7,9-15,17,21-22,27-28,30,32-33H,8,16,18-20,39H2,1-6H3,(H,40,43)(H,41,42)/b9-7+/t22-,27+,28-,30-,32+,33+/m0/s1. The van der Waals surface area contributed by atoms with Crippen molar-refractivity contribution >= 4 is 35.4 Å². The van der Waals surface area contributed by atoms with Crippen molar-refractivity contribution in [1.29, 1.82) is 0 Å². The third-order valence-corrected chi connectivity index (χ3v) is 9.12. The molecule has 0 unspecified atom stereocenters. The van der Waals surface area contributed by atoms with Gasteiger partial charge in [-0.3, -0.25) is 14.4 Å². The number of carbonyl (C=O) groups is 4. The number of amides is 2. The molecule has 2 aliphatic rings. The topological polar surface area (TPSA) is 159 Å². The zero-order valence-corrected chi connectivity index (χ0v) is 29.8. The van der Waals surface area contributed by atoms with Crippen LogP contribution in [0, 0.1) is 17.3 Å². The van der Waals surface area contributed by atoms with Gasteiger partial charge >= 0.3 is 11.9 Å². The minimum absolute atomic E-state index is 0.0121. The van der Waals surface area contributed by atoms with Gasteiger partial charge in [0, 0.05) is 31.8 Å². The molecule has 2 aromatic carbocycles. The summed E-state index contributed by atoms with van der Waals surface area (Å²) in [6.07, 6.45) is 1.18. The van der Waals surface area contributed by atoms with Crippen LogP contribution in [0.15, 0.2) is 54.6 Å². The molecule has 4 N–H and O–H groups in total. The Bertz CT molecular complexity index is 1530. The fraction of sp³-hybridized carbons (Fsp3) is 0.514. The first-order chi connectivity index (χ1) is 23.2. The predicted octanol–water partition coefficient (Wildman–Crippen LogP) is 4.58. The van der Waals surface area contributed by atoms with E-state index in [1.807, 2.05) is 45.0 Å². The Morgan fingerprint density at radius 3 is 2.35 bits per heavy atom. The van der Waals surface area contributed by atoms with Crippen molar-refractivity contribution in [2.45, 2.75) is 90.9 Å². The highest BCUT2D eigenvalue weighted by atomic mass is 35.5. The number of benzene rings is 2. The van der Waals surface area contributed by atoms with E-state index in [9.17, 15) is 19.2 Å². The van der Waals surface area contributed by atoms with Gasteiger partial charge in [0.25, 0.3) is 0 Å². The quantitative estimate of drug-likeness (QED) is 0.252. The maximum absolute atomic E-state index is 13.6. The maximum atomic E-state index is 13.6. The monoisotopic (exact) mass is 697 g/mol. The lowest BCUT2D eigenvalue weighted by Gasteiger charge is -2.29. The summed E-state index contributed by atoms with van der Waals surface area (Å²) in [5, 5.41) is 5.91. The average molecular weight is 698 g/mol. The highest BCUT2D eigenvalue weighted by molar-refractivity contribution is 6.32. The molecule has 11 nitrogen and oxygen atoms in total. The van der Waals surface area contributed by atoms with Gasteiger partial charge in [-0.1, -0.05) is 68.8 Å². The van der Waals surface area contributed by atoms with Gasteiger partial charge in [-0.25, -0.2) is 4.79 Å². The van der Waals surface area contributed by atoms with E-state index < -0.39 is 47.4 Å². The summed E-state index contributed by atoms with van der Waals surface area (Å²) in [6.45, 7) is 9.33. The number of cyclic esters (lactones) is 2. The van der Waals surface area contributed by atoms with Gasteiger partial charge in [0.15, 0.2) is 6.10 Å². The second-order valence-corrected chi connectivity index (χ2v) is 14.2. The Balaban J connectivity index is 1.60. The summed E-state index contributed by atoms with van der Waals surface area (Å²) < 4.78 is 23.1. The number of carbonyl (C=O) groups excluding carboxylic acids is 4. The molecule has 0 aliphatic carbocycles. The highest BCUT2D eigenvalue weighted by Crippen LogP contribution is 2.45. The third-order valence-electron chi connectivity index (χ3n) is 8.82. The number of esters is 2. The summed E-state index contributed by atoms with van der Waals surface area (Å²) in [5.41, 5.74) is 7.22. The minimum atomic E-state index is -1.21. The molecule has 0 spiro atoms. The number of ether oxygens (including phenoxy) is 4. The number of halogens is 1. The van der Waals surface area contributed by atoms with E-state index in [1.165, 1.54) is 13.2 Å². The van der Waals surface area contributed by atoms with Crippen LogP contribution >= 0.6 is 11.6 Å². The number of hydrogen-bond acceptors (Lipinski definition) is 9. The fourth-order valence-electron chi connectivity index (χ4n) is 5.67. The summed E-state index contributed by atoms with van der Waals surface area (Å²) in [5.74, 6) is -2.14. The lowest BCUT2D eigenvalue weighted by atomic mass is 9.92. The van der Waals surface area contributed by atoms with Gasteiger partial charge in [0.05, 0.1) is 23.7 Å². The van der Waals surface area contributed by atoms with Crippen LogP contribution in [0.25, 0.3) is 0 Å². The molecule has 6 atom stereocenters. The van der Waals surface area contributed by atoms with E-state index in [1.54, 1.807) is 38.1 Å². The van der Waals surface area contributed by atoms with Crippen LogP contribution in [0.2, 0.25) is 5.02 Å². The molecule has 2 aliphatic heterocycles. The van der Waals surface area contributed by atoms with Crippen LogP contribution in [0.4, 0.5) is 0 Å². The zero-order valence-electron chi connectivity index (χ0n) is 29.0. The fourth-order valence-corrected chi connectivity index (χ4v) is 5.95. The van der Waals surface area contributed by atoms with E-state index in [4.69, 9.17) is 36.3 Å². The Morgan fingerprint density at radius 2 is 1.71 bits per heavy atom. The second-order valence-electron chi connectivity index (χ2n) is 13.8. The Labute approximate surface area is 293 Å². The predicted molar refractivity (Wildman–Crippen MR) is 185 cm³/mol. The zero-order chi connectivity index (χ0) is 35.9. The molecule has 2 heterocycles. The first kappa shape index (κ1) is 37.9. The van der Waals surface area contributed by atoms with Crippen molar-refractivity contribution in [1.82, 2.24) is 10.6 Å². The largest absolute Gasteiger partial charge is 0.495 e. The van der Waals surface area contributed by atoms with Crippen molar-refractivity contribution in [3.05, 3.63) is 76.3 Å². The molecule has 2 amide bonds. The average Bonchev–Trinajstić information content (AvgIpc) is 3.86. The molecule has 1 fully saturated rings. The summed E-state index contributed by atoms with van der Waals surface area (Å²) in [4.78, 5) is 53.7. The van der Waals surface area contributed by atoms with Crippen molar-refractivity contribution in [2.24, 2.45) is 23.0 Å². The number of nitrogens with two attached hydrogens (primary N) is 1. The molecule has 49 heavy (non-hydrogen) atoms. The summed E-state index contributed by atoms with van der Waals surface area (Å²) in [6, 6.07) is 12.0. The molecule has 0 saturated carbocycles. The molecule has 1 saturated heterocycles. The molecule has 12 heteroatoms. The minimum Gasteiger partial charge on any atom is -0.495 e. The van der Waals surface area contributed by atoms with Crippen LogP contribution in [0.5, 0.6) is 5.75 Å². The number of hydrogen-bond donors (Lipinski definition) is 3. The first-order valence-electron chi connectivity index (χ1n) is 16.7. The van der Waals surface area contributed by atoms with Crippen molar-refractivity contribution in [2.75, 3.05) is 13.7 Å². The van der Waals surface area contributed by atoms with Crippen LogP contribution in [0.1, 0.15) is 70.3 Å². The number of rotatable bonds is 9. The summed E-state index contributed by atoms with van der Waals surface area (Å²) >= 11 is 6.32. The van der Waals surface area contributed by atoms with Crippen molar-refractivity contribution in [3.8, 4) is 5.75 Å². The van der Waals surface area contributed by atoms with Crippen LogP contribution in [-0.4, -0.2) is 61.8 Å². The molecular formula is C37H48ClN3O8. The molecule has 266 valence electrons. The smallest absolute Gasteiger partial charge is 0.347 e. The van der Waals surface area contributed by atoms with Gasteiger partial charge in [-0.2, -0.15) is 0 Å². The van der Waals surface area contributed by atoms with Gasteiger partial charge in [0.2, 0.25) is 11.8 Å². The lowest BCUT2D eigenvalue weighted by Crippen LogP contribution is -2.51. The molecular weight excluding hydrogens is 650 g/mol. The van der Waals surface area contributed by atoms with E-state index in [2.05, 4.69) is 10.6 Å². The SMILES string of the molecule is COc1ccc(C[C@H]2NC(=O)/C=C/C[C@@H]([C@H](C)[C@H]3O[C@@H]3c3ccc(CN)cc3)OC(=O)[C@H](CC(C)C)OC(=O)C(C)(C)CNC2=O)cc1Cl. The highest BCUT2D eigenvalue weighted by Gasteiger charge is 2.48. The van der Waals surface area contributed by atoms with Gasteiger partial charge in [-0.05, 0) is 61.1 Å². The Morgan fingerprint density at radius 1 is 1.02 bits per heavy atom. The molecule has 0 bridgehead atoms. The van der Waals surface area contributed by atoms with Gasteiger partial charge in [0.1, 0.15) is 24.0 Å². The Hall–Kier alpha value is -3.93. The molecule has 0 radical (unpaired) electrons. The first-order valence-corrected chi connectivity index (χ1v) is 17.0.